The van der Waals surface area contributed by atoms with Crippen molar-refractivity contribution in [1.29, 1.82) is 0 Å². The number of hydrogen-bond donors (Lipinski definition) is 2. The third-order valence-corrected chi connectivity index (χ3v) is 4.02. The van der Waals surface area contributed by atoms with Gasteiger partial charge in [0, 0.05) is 5.41 Å². The van der Waals surface area contributed by atoms with Gasteiger partial charge in [0.15, 0.2) is 0 Å². The standard InChI is InChI=1S/C15H21NO3/c1-14(2,10-12(17)18)15(3,4)13(16-19)11-8-6-5-7-9-11/h5-9,19H,10H2,1-4H3,(H,17,18)/b16-13+. The van der Waals surface area contributed by atoms with Crippen LogP contribution in [0.5, 0.6) is 0 Å². The summed E-state index contributed by atoms with van der Waals surface area (Å²) in [7, 11) is 0. The fourth-order valence-corrected chi connectivity index (χ4v) is 2.06. The van der Waals surface area contributed by atoms with Gasteiger partial charge in [-0.25, -0.2) is 0 Å². The molecule has 0 saturated heterocycles. The monoisotopic (exact) mass is 263 g/mol. The molecule has 0 heterocycles. The van der Waals surface area contributed by atoms with Crippen LogP contribution in [-0.2, 0) is 4.79 Å². The summed E-state index contributed by atoms with van der Waals surface area (Å²) in [6, 6.07) is 9.32. The summed E-state index contributed by atoms with van der Waals surface area (Å²) in [5.74, 6) is -0.858. The van der Waals surface area contributed by atoms with Crippen LogP contribution in [0.4, 0.5) is 0 Å². The lowest BCUT2D eigenvalue weighted by Crippen LogP contribution is -2.41. The fraction of sp³-hybridized carbons (Fsp3) is 0.467. The number of nitrogens with zero attached hydrogens (tertiary/aromatic N) is 1. The average molecular weight is 263 g/mol. The molecule has 0 saturated carbocycles. The molecule has 0 atom stereocenters. The van der Waals surface area contributed by atoms with Crippen LogP contribution >= 0.6 is 0 Å². The maximum Gasteiger partial charge on any atom is 0.303 e. The lowest BCUT2D eigenvalue weighted by Gasteiger charge is -2.41. The summed E-state index contributed by atoms with van der Waals surface area (Å²) < 4.78 is 0. The highest BCUT2D eigenvalue weighted by atomic mass is 16.4. The molecule has 0 aromatic heterocycles. The number of oxime groups is 1. The first-order valence-corrected chi connectivity index (χ1v) is 6.22. The largest absolute Gasteiger partial charge is 0.481 e. The molecule has 2 N–H and O–H groups in total. The van der Waals surface area contributed by atoms with Crippen LogP contribution in [-0.4, -0.2) is 22.0 Å². The van der Waals surface area contributed by atoms with E-state index in [9.17, 15) is 10.0 Å². The van der Waals surface area contributed by atoms with Gasteiger partial charge < -0.3 is 10.3 Å². The van der Waals surface area contributed by atoms with Crippen molar-refractivity contribution in [3.8, 4) is 0 Å². The molecule has 1 rings (SSSR count). The van der Waals surface area contributed by atoms with Crippen LogP contribution in [0.1, 0.15) is 39.7 Å². The zero-order valence-electron chi connectivity index (χ0n) is 11.8. The second kappa shape index (κ2) is 5.43. The SMILES string of the molecule is CC(C)(CC(=O)O)C(C)(C)/C(=N/O)c1ccccc1. The lowest BCUT2D eigenvalue weighted by molar-refractivity contribution is -0.140. The Morgan fingerprint density at radius 1 is 1.16 bits per heavy atom. The minimum absolute atomic E-state index is 0.00581. The van der Waals surface area contributed by atoms with Gasteiger partial charge in [-0.2, -0.15) is 0 Å². The summed E-state index contributed by atoms with van der Waals surface area (Å²) >= 11 is 0. The van der Waals surface area contributed by atoms with Crippen molar-refractivity contribution in [3.63, 3.8) is 0 Å². The summed E-state index contributed by atoms with van der Waals surface area (Å²) in [5, 5.41) is 21.8. The lowest BCUT2D eigenvalue weighted by atomic mass is 9.62. The minimum Gasteiger partial charge on any atom is -0.481 e. The van der Waals surface area contributed by atoms with Gasteiger partial charge in [0.1, 0.15) is 0 Å². The molecule has 0 bridgehead atoms. The number of carboxylic acids is 1. The van der Waals surface area contributed by atoms with Crippen molar-refractivity contribution in [2.45, 2.75) is 34.1 Å². The van der Waals surface area contributed by atoms with Gasteiger partial charge in [0.05, 0.1) is 12.1 Å². The molecule has 0 aliphatic carbocycles. The Morgan fingerprint density at radius 3 is 2.11 bits per heavy atom. The van der Waals surface area contributed by atoms with Gasteiger partial charge in [-0.05, 0) is 11.0 Å². The molecule has 4 nitrogen and oxygen atoms in total. The van der Waals surface area contributed by atoms with E-state index in [0.717, 1.165) is 5.56 Å². The van der Waals surface area contributed by atoms with Crippen LogP contribution in [0.15, 0.2) is 35.5 Å². The molecule has 19 heavy (non-hydrogen) atoms. The quantitative estimate of drug-likeness (QED) is 0.486. The molecule has 0 radical (unpaired) electrons. The predicted octanol–water partition coefficient (Wildman–Crippen LogP) is 3.39. The Hall–Kier alpha value is -1.84. The number of aliphatic carboxylic acids is 1. The molecule has 0 fully saturated rings. The van der Waals surface area contributed by atoms with Crippen molar-refractivity contribution in [2.75, 3.05) is 0 Å². The van der Waals surface area contributed by atoms with E-state index >= 15 is 0 Å². The van der Waals surface area contributed by atoms with Crippen molar-refractivity contribution < 1.29 is 15.1 Å². The van der Waals surface area contributed by atoms with E-state index in [1.807, 2.05) is 58.0 Å². The summed E-state index contributed by atoms with van der Waals surface area (Å²) in [5.41, 5.74) is 0.172. The van der Waals surface area contributed by atoms with Crippen molar-refractivity contribution >= 4 is 11.7 Å². The van der Waals surface area contributed by atoms with Gasteiger partial charge in [0.25, 0.3) is 0 Å². The van der Waals surface area contributed by atoms with Gasteiger partial charge in [-0.1, -0.05) is 63.2 Å². The van der Waals surface area contributed by atoms with Crippen molar-refractivity contribution in [1.82, 2.24) is 0 Å². The van der Waals surface area contributed by atoms with Crippen LogP contribution < -0.4 is 0 Å². The highest BCUT2D eigenvalue weighted by Gasteiger charge is 2.43. The third kappa shape index (κ3) is 3.13. The molecule has 0 aliphatic heterocycles. The van der Waals surface area contributed by atoms with E-state index in [0.29, 0.717) is 5.71 Å². The summed E-state index contributed by atoms with van der Waals surface area (Å²) in [4.78, 5) is 11.0. The first kappa shape index (κ1) is 15.2. The second-order valence-electron chi connectivity index (χ2n) is 5.89. The van der Waals surface area contributed by atoms with E-state index in [1.54, 1.807) is 0 Å². The zero-order chi connectivity index (χ0) is 14.7. The first-order chi connectivity index (χ1) is 8.72. The van der Waals surface area contributed by atoms with Crippen LogP contribution in [0.3, 0.4) is 0 Å². The van der Waals surface area contributed by atoms with E-state index in [4.69, 9.17) is 5.11 Å². The smallest absolute Gasteiger partial charge is 0.303 e. The molecule has 1 aromatic rings. The van der Waals surface area contributed by atoms with Gasteiger partial charge in [-0.15, -0.1) is 0 Å². The molecule has 104 valence electrons. The van der Waals surface area contributed by atoms with E-state index in [1.165, 1.54) is 0 Å². The molecular weight excluding hydrogens is 242 g/mol. The fourth-order valence-electron chi connectivity index (χ4n) is 2.06. The molecule has 0 spiro atoms. The van der Waals surface area contributed by atoms with Gasteiger partial charge in [-0.3, -0.25) is 4.79 Å². The Kier molecular flexibility index (Phi) is 4.35. The van der Waals surface area contributed by atoms with Crippen LogP contribution in [0, 0.1) is 10.8 Å². The van der Waals surface area contributed by atoms with E-state index < -0.39 is 16.8 Å². The Labute approximate surface area is 113 Å². The highest BCUT2D eigenvalue weighted by Crippen LogP contribution is 2.44. The molecule has 0 amide bonds. The highest BCUT2D eigenvalue weighted by molar-refractivity contribution is 6.04. The Balaban J connectivity index is 3.20. The summed E-state index contributed by atoms with van der Waals surface area (Å²) in [6.45, 7) is 7.54. The normalized spacial score (nSPS) is 13.4. The number of rotatable bonds is 5. The molecule has 0 unspecified atom stereocenters. The molecular formula is C15H21NO3. The van der Waals surface area contributed by atoms with Crippen LogP contribution in [0.25, 0.3) is 0 Å². The third-order valence-electron chi connectivity index (χ3n) is 4.02. The Morgan fingerprint density at radius 2 is 1.68 bits per heavy atom. The minimum atomic E-state index is -0.858. The predicted molar refractivity (Wildman–Crippen MR) is 74.6 cm³/mol. The maximum atomic E-state index is 11.0. The molecule has 1 aromatic carbocycles. The van der Waals surface area contributed by atoms with Crippen LogP contribution in [0.2, 0.25) is 0 Å². The average Bonchev–Trinajstić information content (AvgIpc) is 2.29. The Bertz CT molecular complexity index is 475. The molecule has 4 heteroatoms. The van der Waals surface area contributed by atoms with Gasteiger partial charge in [0.2, 0.25) is 0 Å². The topological polar surface area (TPSA) is 69.9 Å². The first-order valence-electron chi connectivity index (χ1n) is 6.22. The number of carboxylic acid groups (broad SMARTS) is 1. The van der Waals surface area contributed by atoms with Gasteiger partial charge >= 0.3 is 5.97 Å². The second-order valence-corrected chi connectivity index (χ2v) is 5.89. The summed E-state index contributed by atoms with van der Waals surface area (Å²) in [6.07, 6.45) is 0.00581. The number of benzene rings is 1. The van der Waals surface area contributed by atoms with Crippen molar-refractivity contribution in [3.05, 3.63) is 35.9 Å². The zero-order valence-corrected chi connectivity index (χ0v) is 11.8. The van der Waals surface area contributed by atoms with Crippen molar-refractivity contribution in [2.24, 2.45) is 16.0 Å². The maximum absolute atomic E-state index is 11.0. The molecule has 0 aliphatic rings. The number of hydrogen-bond acceptors (Lipinski definition) is 3. The number of carbonyl (C=O) groups is 1. The van der Waals surface area contributed by atoms with E-state index in [2.05, 4.69) is 5.16 Å². The van der Waals surface area contributed by atoms with E-state index in [-0.39, 0.29) is 6.42 Å².